The summed E-state index contributed by atoms with van der Waals surface area (Å²) in [6, 6.07) is 6.64. The molecule has 1 amide bonds. The summed E-state index contributed by atoms with van der Waals surface area (Å²) in [6.07, 6.45) is -10.1. The molecule has 0 saturated carbocycles. The van der Waals surface area contributed by atoms with Crippen molar-refractivity contribution in [2.45, 2.75) is 17.2 Å². The molecular weight excluding hydrogens is 516 g/mol. The average molecular weight is 539 g/mol. The second-order valence-corrected chi connectivity index (χ2v) is 9.91. The summed E-state index contributed by atoms with van der Waals surface area (Å²) < 4.78 is 110. The Morgan fingerprint density at radius 2 is 1.44 bits per heavy atom. The standard InChI is InChI=1S/C22H23F6N3O4S/c1-35-18-2-4-19(5-3-18)36(33,34)31-10-8-30(9-11-31)7-6-29-20(32)15-12-16(21(23,24)25)14-17(13-15)22(26,27)28/h2-5,12-14H,6-11H2,1H3,(H,29,32). The van der Waals surface area contributed by atoms with E-state index in [1.54, 1.807) is 0 Å². The van der Waals surface area contributed by atoms with Crippen LogP contribution in [0.5, 0.6) is 5.75 Å². The highest BCUT2D eigenvalue weighted by Gasteiger charge is 2.37. The van der Waals surface area contributed by atoms with E-state index in [4.69, 9.17) is 4.74 Å². The lowest BCUT2D eigenvalue weighted by Gasteiger charge is -2.34. The van der Waals surface area contributed by atoms with Gasteiger partial charge in [0.1, 0.15) is 5.75 Å². The van der Waals surface area contributed by atoms with Gasteiger partial charge in [0.05, 0.1) is 23.1 Å². The zero-order chi connectivity index (χ0) is 26.7. The van der Waals surface area contributed by atoms with E-state index in [1.807, 2.05) is 4.90 Å². The molecule has 1 fully saturated rings. The van der Waals surface area contributed by atoms with Crippen LogP contribution < -0.4 is 10.1 Å². The third-order valence-electron chi connectivity index (χ3n) is 5.59. The lowest BCUT2D eigenvalue weighted by Crippen LogP contribution is -2.50. The fraction of sp³-hybridized carbons (Fsp3) is 0.409. The van der Waals surface area contributed by atoms with Crippen LogP contribution in [0, 0.1) is 0 Å². The van der Waals surface area contributed by atoms with Crippen LogP contribution in [0.3, 0.4) is 0 Å². The van der Waals surface area contributed by atoms with Crippen LogP contribution >= 0.6 is 0 Å². The molecule has 1 saturated heterocycles. The minimum Gasteiger partial charge on any atom is -0.497 e. The molecule has 2 aromatic rings. The number of benzene rings is 2. The second kappa shape index (κ2) is 10.6. The monoisotopic (exact) mass is 539 g/mol. The molecule has 0 unspecified atom stereocenters. The lowest BCUT2D eigenvalue weighted by molar-refractivity contribution is -0.143. The van der Waals surface area contributed by atoms with Gasteiger partial charge < -0.3 is 10.1 Å². The lowest BCUT2D eigenvalue weighted by atomic mass is 10.0. The quantitative estimate of drug-likeness (QED) is 0.546. The fourth-order valence-electron chi connectivity index (χ4n) is 3.61. The highest BCUT2D eigenvalue weighted by Crippen LogP contribution is 2.36. The van der Waals surface area contributed by atoms with E-state index in [-0.39, 0.29) is 37.1 Å². The molecule has 0 bridgehead atoms. The molecule has 1 aliphatic rings. The number of rotatable bonds is 7. The van der Waals surface area contributed by atoms with E-state index in [2.05, 4.69) is 5.32 Å². The number of nitrogens with one attached hydrogen (secondary N) is 1. The van der Waals surface area contributed by atoms with Crippen molar-refractivity contribution in [3.8, 4) is 5.75 Å². The number of hydrogen-bond donors (Lipinski definition) is 1. The largest absolute Gasteiger partial charge is 0.497 e. The summed E-state index contributed by atoms with van der Waals surface area (Å²) in [5.74, 6) is -0.562. The van der Waals surface area contributed by atoms with Gasteiger partial charge in [-0.25, -0.2) is 8.42 Å². The van der Waals surface area contributed by atoms with E-state index >= 15 is 0 Å². The number of hydrogen-bond acceptors (Lipinski definition) is 5. The molecule has 0 aromatic heterocycles. The SMILES string of the molecule is COc1ccc(S(=O)(=O)N2CCN(CCNC(=O)c3cc(C(F)(F)F)cc(C(F)(F)F)c3)CC2)cc1. The van der Waals surface area contributed by atoms with Crippen molar-refractivity contribution in [1.82, 2.24) is 14.5 Å². The Bertz CT molecular complexity index is 1140. The Balaban J connectivity index is 1.55. The van der Waals surface area contributed by atoms with Crippen molar-refractivity contribution >= 4 is 15.9 Å². The maximum Gasteiger partial charge on any atom is 0.416 e. The summed E-state index contributed by atoms with van der Waals surface area (Å²) in [6.45, 7) is 1.17. The van der Waals surface area contributed by atoms with E-state index in [9.17, 15) is 39.6 Å². The molecule has 7 nitrogen and oxygen atoms in total. The number of carbonyl (C=O) groups excluding carboxylic acids is 1. The zero-order valence-corrected chi connectivity index (χ0v) is 19.8. The molecule has 198 valence electrons. The summed E-state index contributed by atoms with van der Waals surface area (Å²) in [5, 5.41) is 2.32. The summed E-state index contributed by atoms with van der Waals surface area (Å²) >= 11 is 0. The summed E-state index contributed by atoms with van der Waals surface area (Å²) in [7, 11) is -2.25. The molecule has 1 N–H and O–H groups in total. The number of methoxy groups -OCH3 is 1. The van der Waals surface area contributed by atoms with Crippen LogP contribution in [0.2, 0.25) is 0 Å². The molecule has 36 heavy (non-hydrogen) atoms. The van der Waals surface area contributed by atoms with Crippen LogP contribution in [0.15, 0.2) is 47.4 Å². The van der Waals surface area contributed by atoms with Crippen LogP contribution in [-0.2, 0) is 22.4 Å². The second-order valence-electron chi connectivity index (χ2n) is 7.97. The minimum atomic E-state index is -5.05. The van der Waals surface area contributed by atoms with Crippen molar-refractivity contribution < 1.29 is 44.3 Å². The van der Waals surface area contributed by atoms with Gasteiger partial charge in [0.25, 0.3) is 5.91 Å². The topological polar surface area (TPSA) is 79.0 Å². The first-order valence-electron chi connectivity index (χ1n) is 10.7. The van der Waals surface area contributed by atoms with Gasteiger partial charge in [0, 0.05) is 44.8 Å². The molecule has 14 heteroatoms. The molecule has 0 spiro atoms. The Labute approximate surface area is 203 Å². The van der Waals surface area contributed by atoms with Gasteiger partial charge in [0.15, 0.2) is 0 Å². The van der Waals surface area contributed by atoms with E-state index in [1.165, 1.54) is 35.7 Å². The molecule has 3 rings (SSSR count). The Morgan fingerprint density at radius 3 is 1.92 bits per heavy atom. The maximum atomic E-state index is 13.0. The van der Waals surface area contributed by atoms with Crippen LogP contribution in [0.25, 0.3) is 0 Å². The van der Waals surface area contributed by atoms with Gasteiger partial charge in [-0.1, -0.05) is 0 Å². The van der Waals surface area contributed by atoms with Gasteiger partial charge >= 0.3 is 12.4 Å². The van der Waals surface area contributed by atoms with Gasteiger partial charge in [-0.3, -0.25) is 9.69 Å². The first kappa shape index (κ1) is 27.7. The number of alkyl halides is 6. The Morgan fingerprint density at radius 1 is 0.917 bits per heavy atom. The number of amides is 1. The Hall–Kier alpha value is -2.84. The summed E-state index contributed by atoms with van der Waals surface area (Å²) in [5.41, 5.74) is -3.90. The highest BCUT2D eigenvalue weighted by molar-refractivity contribution is 7.89. The molecule has 0 radical (unpaired) electrons. The number of nitrogens with zero attached hydrogens (tertiary/aromatic N) is 2. The van der Waals surface area contributed by atoms with Gasteiger partial charge in [-0.05, 0) is 42.5 Å². The third kappa shape index (κ3) is 6.68. The summed E-state index contributed by atoms with van der Waals surface area (Å²) in [4.78, 5) is 14.2. The van der Waals surface area contributed by atoms with Crippen molar-refractivity contribution in [3.63, 3.8) is 0 Å². The smallest absolute Gasteiger partial charge is 0.416 e. The zero-order valence-electron chi connectivity index (χ0n) is 19.0. The first-order valence-corrected chi connectivity index (χ1v) is 12.1. The molecule has 1 heterocycles. The average Bonchev–Trinajstić information content (AvgIpc) is 2.83. The van der Waals surface area contributed by atoms with Gasteiger partial charge in [-0.15, -0.1) is 0 Å². The van der Waals surface area contributed by atoms with Crippen molar-refractivity contribution in [3.05, 3.63) is 59.2 Å². The predicted octanol–water partition coefficient (Wildman–Crippen LogP) is 3.47. The number of ether oxygens (including phenoxy) is 1. The highest BCUT2D eigenvalue weighted by atomic mass is 32.2. The van der Waals surface area contributed by atoms with Gasteiger partial charge in [0.2, 0.25) is 10.0 Å². The molecule has 2 aromatic carbocycles. The molecule has 0 atom stereocenters. The molecule has 1 aliphatic heterocycles. The van der Waals surface area contributed by atoms with Crippen molar-refractivity contribution in [2.75, 3.05) is 46.4 Å². The minimum absolute atomic E-state index is 0.0454. The fourth-order valence-corrected chi connectivity index (χ4v) is 5.03. The molecular formula is C22H23F6N3O4S. The van der Waals surface area contributed by atoms with Crippen LogP contribution in [0.1, 0.15) is 21.5 Å². The Kier molecular flexibility index (Phi) is 8.20. The normalized spacial score (nSPS) is 16.1. The number of sulfonamides is 1. The third-order valence-corrected chi connectivity index (χ3v) is 7.50. The van der Waals surface area contributed by atoms with Crippen LogP contribution in [0.4, 0.5) is 26.3 Å². The number of piperazine rings is 1. The number of carbonyl (C=O) groups is 1. The van der Waals surface area contributed by atoms with Crippen LogP contribution in [-0.4, -0.2) is 69.9 Å². The maximum absolute atomic E-state index is 13.0. The van der Waals surface area contributed by atoms with E-state index in [0.717, 1.165) is 0 Å². The number of halogens is 6. The van der Waals surface area contributed by atoms with Gasteiger partial charge in [-0.2, -0.15) is 30.6 Å². The molecule has 0 aliphatic carbocycles. The van der Waals surface area contributed by atoms with Crippen molar-refractivity contribution in [1.29, 1.82) is 0 Å². The van der Waals surface area contributed by atoms with Crippen molar-refractivity contribution in [2.24, 2.45) is 0 Å². The predicted molar refractivity (Wildman–Crippen MR) is 117 cm³/mol. The first-order chi connectivity index (χ1) is 16.7. The van der Waals surface area contributed by atoms with E-state index < -0.39 is 45.0 Å². The van der Waals surface area contributed by atoms with E-state index in [0.29, 0.717) is 31.0 Å².